The van der Waals surface area contributed by atoms with Crippen LogP contribution in [-0.2, 0) is 0 Å². The summed E-state index contributed by atoms with van der Waals surface area (Å²) in [6.45, 7) is 2.01. The second kappa shape index (κ2) is 3.97. The number of anilines is 1. The lowest BCUT2D eigenvalue weighted by Crippen LogP contribution is -2.14. The first kappa shape index (κ1) is 11.3. The first-order valence-electron chi connectivity index (χ1n) is 4.82. The number of halogens is 1. The molecule has 1 amide bonds. The number of fused-ring (bicyclic) bond motifs is 1. The van der Waals surface area contributed by atoms with Crippen molar-refractivity contribution in [3.8, 4) is 0 Å². The number of carbonyl (C=O) groups is 1. The molecule has 0 saturated heterocycles. The molecule has 0 radical (unpaired) electrons. The van der Waals surface area contributed by atoms with E-state index in [0.717, 1.165) is 22.3 Å². The van der Waals surface area contributed by atoms with E-state index in [2.05, 4.69) is 27.8 Å². The van der Waals surface area contributed by atoms with Crippen molar-refractivity contribution in [2.75, 3.05) is 10.2 Å². The minimum absolute atomic E-state index is 0.409. The van der Waals surface area contributed by atoms with Crippen LogP contribution in [0.5, 0.6) is 0 Å². The van der Waals surface area contributed by atoms with Crippen molar-refractivity contribution >= 4 is 45.5 Å². The van der Waals surface area contributed by atoms with Gasteiger partial charge in [-0.2, -0.15) is 0 Å². The van der Waals surface area contributed by atoms with Gasteiger partial charge in [0, 0.05) is 18.0 Å². The van der Waals surface area contributed by atoms with Gasteiger partial charge in [0.15, 0.2) is 0 Å². The second-order valence-corrected chi connectivity index (χ2v) is 5.19. The summed E-state index contributed by atoms with van der Waals surface area (Å²) in [5, 5.41) is 0.872. The van der Waals surface area contributed by atoms with Crippen molar-refractivity contribution in [2.24, 2.45) is 5.73 Å². The zero-order chi connectivity index (χ0) is 11.9. The number of amides is 1. The highest BCUT2D eigenvalue weighted by Crippen LogP contribution is 2.30. The first-order valence-corrected chi connectivity index (χ1v) is 5.79. The van der Waals surface area contributed by atoms with Gasteiger partial charge in [-0.1, -0.05) is 12.1 Å². The number of hydrogen-bond donors (Lipinski definition) is 2. The van der Waals surface area contributed by atoms with Crippen molar-refractivity contribution in [2.45, 2.75) is 6.92 Å². The second-order valence-electron chi connectivity index (χ2n) is 3.74. The van der Waals surface area contributed by atoms with Crippen LogP contribution in [0.25, 0.3) is 10.9 Å². The lowest BCUT2D eigenvalue weighted by atomic mass is 10.1. The van der Waals surface area contributed by atoms with E-state index in [4.69, 9.17) is 5.73 Å². The first-order chi connectivity index (χ1) is 7.50. The third-order valence-corrected chi connectivity index (χ3v) is 2.97. The van der Waals surface area contributed by atoms with E-state index in [-0.39, 0.29) is 0 Å². The SMILES string of the molecule is Cc1ccc2c(C(N)=O)c(N(C)I)[nH]c2c1. The maximum absolute atomic E-state index is 11.5. The third kappa shape index (κ3) is 1.75. The molecule has 2 rings (SSSR count). The standard InChI is InChI=1S/C11H12IN3O/c1-6-3-4-7-8(5-6)14-11(15(2)12)9(7)10(13)16/h3-5,14H,1-2H3,(H2,13,16). The number of H-pyrrole nitrogens is 1. The van der Waals surface area contributed by atoms with Gasteiger partial charge in [0.25, 0.3) is 5.91 Å². The van der Waals surface area contributed by atoms with Crippen molar-refractivity contribution in [1.29, 1.82) is 0 Å². The Morgan fingerprint density at radius 3 is 2.75 bits per heavy atom. The van der Waals surface area contributed by atoms with Gasteiger partial charge >= 0.3 is 0 Å². The van der Waals surface area contributed by atoms with Crippen molar-refractivity contribution < 1.29 is 4.79 Å². The molecule has 0 atom stereocenters. The summed E-state index contributed by atoms with van der Waals surface area (Å²) in [7, 11) is 1.87. The van der Waals surface area contributed by atoms with E-state index in [1.165, 1.54) is 0 Å². The van der Waals surface area contributed by atoms with Gasteiger partial charge in [0.2, 0.25) is 0 Å². The van der Waals surface area contributed by atoms with Gasteiger partial charge in [0.1, 0.15) is 5.82 Å². The molecule has 84 valence electrons. The molecule has 0 spiro atoms. The monoisotopic (exact) mass is 329 g/mol. The minimum Gasteiger partial charge on any atom is -0.365 e. The van der Waals surface area contributed by atoms with Crippen LogP contribution in [0.2, 0.25) is 0 Å². The van der Waals surface area contributed by atoms with Crippen molar-refractivity contribution in [3.05, 3.63) is 29.3 Å². The molecular weight excluding hydrogens is 317 g/mol. The molecule has 0 fully saturated rings. The van der Waals surface area contributed by atoms with Crippen LogP contribution in [0.4, 0.5) is 5.82 Å². The van der Waals surface area contributed by atoms with Crippen LogP contribution in [0.1, 0.15) is 15.9 Å². The summed E-state index contributed by atoms with van der Waals surface area (Å²) in [5.74, 6) is 0.335. The molecule has 0 aliphatic rings. The number of aromatic amines is 1. The van der Waals surface area contributed by atoms with Crippen LogP contribution < -0.4 is 8.85 Å². The highest BCUT2D eigenvalue weighted by Gasteiger charge is 2.17. The van der Waals surface area contributed by atoms with E-state index < -0.39 is 5.91 Å². The smallest absolute Gasteiger partial charge is 0.253 e. The number of nitrogens with zero attached hydrogens (tertiary/aromatic N) is 1. The van der Waals surface area contributed by atoms with Gasteiger partial charge < -0.3 is 13.8 Å². The Morgan fingerprint density at radius 1 is 1.50 bits per heavy atom. The highest BCUT2D eigenvalue weighted by atomic mass is 127. The van der Waals surface area contributed by atoms with E-state index in [1.807, 2.05) is 35.3 Å². The Morgan fingerprint density at radius 2 is 2.19 bits per heavy atom. The highest BCUT2D eigenvalue weighted by molar-refractivity contribution is 14.1. The van der Waals surface area contributed by atoms with E-state index in [1.54, 1.807) is 0 Å². The molecule has 3 N–H and O–H groups in total. The number of aromatic nitrogens is 1. The molecule has 0 bridgehead atoms. The zero-order valence-electron chi connectivity index (χ0n) is 9.04. The summed E-state index contributed by atoms with van der Waals surface area (Å²) in [4.78, 5) is 14.7. The third-order valence-electron chi connectivity index (χ3n) is 2.49. The van der Waals surface area contributed by atoms with Crippen LogP contribution >= 0.6 is 22.9 Å². The number of aryl methyl sites for hydroxylation is 1. The Bertz CT molecular complexity index is 560. The fourth-order valence-electron chi connectivity index (χ4n) is 1.78. The number of hydrogen-bond acceptors (Lipinski definition) is 2. The van der Waals surface area contributed by atoms with E-state index >= 15 is 0 Å². The summed E-state index contributed by atoms with van der Waals surface area (Å²) in [5.41, 5.74) is 8.04. The van der Waals surface area contributed by atoms with Crippen LogP contribution in [0, 0.1) is 6.92 Å². The fourth-order valence-corrected chi connectivity index (χ4v) is 2.14. The number of carbonyl (C=O) groups excluding carboxylic acids is 1. The molecular formula is C11H12IN3O. The number of rotatable bonds is 2. The summed E-state index contributed by atoms with van der Waals surface area (Å²) in [6.07, 6.45) is 0. The van der Waals surface area contributed by atoms with Gasteiger partial charge in [-0.05, 0) is 18.6 Å². The Balaban J connectivity index is 2.81. The summed E-state index contributed by atoms with van der Waals surface area (Å²) < 4.78 is 1.83. The molecule has 1 aromatic heterocycles. The number of nitrogens with one attached hydrogen (secondary N) is 1. The predicted octanol–water partition coefficient (Wildman–Crippen LogP) is 2.36. The largest absolute Gasteiger partial charge is 0.365 e. The van der Waals surface area contributed by atoms with E-state index in [0.29, 0.717) is 5.56 Å². The molecule has 2 aromatic rings. The van der Waals surface area contributed by atoms with Crippen molar-refractivity contribution in [3.63, 3.8) is 0 Å². The van der Waals surface area contributed by atoms with Crippen LogP contribution in [-0.4, -0.2) is 17.9 Å². The molecule has 16 heavy (non-hydrogen) atoms. The molecule has 0 unspecified atom stereocenters. The maximum Gasteiger partial charge on any atom is 0.253 e. The predicted molar refractivity (Wildman–Crippen MR) is 74.0 cm³/mol. The van der Waals surface area contributed by atoms with Gasteiger partial charge in [-0.15, -0.1) is 0 Å². The average Bonchev–Trinajstić information content (AvgIpc) is 2.55. The van der Waals surface area contributed by atoms with E-state index in [9.17, 15) is 4.79 Å². The van der Waals surface area contributed by atoms with Gasteiger partial charge in [-0.25, -0.2) is 0 Å². The van der Waals surface area contributed by atoms with Crippen LogP contribution in [0.3, 0.4) is 0 Å². The molecule has 1 heterocycles. The number of primary amides is 1. The average molecular weight is 329 g/mol. The van der Waals surface area contributed by atoms with Gasteiger partial charge in [0.05, 0.1) is 28.4 Å². The topological polar surface area (TPSA) is 62.1 Å². The fraction of sp³-hybridized carbons (Fsp3) is 0.182. The Hall–Kier alpha value is -1.24. The molecule has 5 heteroatoms. The summed E-state index contributed by atoms with van der Waals surface area (Å²) >= 11 is 2.11. The zero-order valence-corrected chi connectivity index (χ0v) is 11.2. The molecule has 0 aliphatic carbocycles. The van der Waals surface area contributed by atoms with Crippen LogP contribution in [0.15, 0.2) is 18.2 Å². The van der Waals surface area contributed by atoms with Gasteiger partial charge in [-0.3, -0.25) is 4.79 Å². The molecule has 0 saturated carbocycles. The lowest BCUT2D eigenvalue weighted by Gasteiger charge is -2.08. The molecule has 0 aliphatic heterocycles. The van der Waals surface area contributed by atoms with Crippen molar-refractivity contribution in [1.82, 2.24) is 4.98 Å². The summed E-state index contributed by atoms with van der Waals surface area (Å²) in [6, 6.07) is 5.90. The molecule has 4 nitrogen and oxygen atoms in total. The lowest BCUT2D eigenvalue weighted by molar-refractivity contribution is 0.100. The minimum atomic E-state index is -0.409. The normalized spacial score (nSPS) is 10.7. The Kier molecular flexibility index (Phi) is 2.79. The maximum atomic E-state index is 11.5. The number of nitrogens with two attached hydrogens (primary N) is 1. The number of benzene rings is 1. The Labute approximate surface area is 107 Å². The quantitative estimate of drug-likeness (QED) is 0.656. The molecule has 1 aromatic carbocycles.